The van der Waals surface area contributed by atoms with Crippen LogP contribution in [-0.2, 0) is 0 Å². The third-order valence-corrected chi connectivity index (χ3v) is 3.11. The lowest BCUT2D eigenvalue weighted by Crippen LogP contribution is -2.36. The lowest BCUT2D eigenvalue weighted by atomic mass is 10.3. The van der Waals surface area contributed by atoms with Gasteiger partial charge >= 0.3 is 0 Å². The average molecular weight is 328 g/mol. The molecule has 1 aromatic carbocycles. The molecular weight excluding hydrogens is 306 g/mol. The van der Waals surface area contributed by atoms with Gasteiger partial charge in [0.15, 0.2) is 5.96 Å². The van der Waals surface area contributed by atoms with Crippen LogP contribution in [0, 0.1) is 0 Å². The quantitative estimate of drug-likeness (QED) is 0.628. The lowest BCUT2D eigenvalue weighted by Gasteiger charge is -2.23. The Hall–Kier alpha value is -1.23. The molecule has 0 aliphatic heterocycles. The third kappa shape index (κ3) is 5.11. The summed E-state index contributed by atoms with van der Waals surface area (Å²) in [6, 6.07) is 7.84. The fourth-order valence-corrected chi connectivity index (χ4v) is 2.07. The van der Waals surface area contributed by atoms with E-state index in [1.165, 1.54) is 0 Å². The molecule has 0 radical (unpaired) electrons. The fourth-order valence-electron chi connectivity index (χ4n) is 1.69. The number of hydrogen-bond acceptors (Lipinski definition) is 2. The van der Waals surface area contributed by atoms with Gasteiger partial charge in [0.1, 0.15) is 11.9 Å². The second-order valence-corrected chi connectivity index (χ2v) is 5.64. The molecule has 0 N–H and O–H groups in total. The van der Waals surface area contributed by atoms with Crippen LogP contribution in [0.5, 0.6) is 5.75 Å². The Morgan fingerprint density at radius 1 is 1.21 bits per heavy atom. The van der Waals surface area contributed by atoms with E-state index in [1.807, 2.05) is 69.2 Å². The van der Waals surface area contributed by atoms with Crippen LogP contribution in [0.15, 0.2) is 33.7 Å². The van der Waals surface area contributed by atoms with Crippen LogP contribution >= 0.6 is 15.9 Å². The monoisotopic (exact) mass is 327 g/mol. The van der Waals surface area contributed by atoms with Crippen molar-refractivity contribution < 1.29 is 4.74 Å². The van der Waals surface area contributed by atoms with Gasteiger partial charge in [-0.15, -0.1) is 0 Å². The van der Waals surface area contributed by atoms with E-state index in [0.717, 1.165) is 16.2 Å². The van der Waals surface area contributed by atoms with Crippen molar-refractivity contribution in [1.29, 1.82) is 0 Å². The number of benzene rings is 1. The number of aliphatic imine (C=N–C) groups is 1. The first-order valence-corrected chi connectivity index (χ1v) is 7.01. The molecule has 0 aromatic heterocycles. The van der Waals surface area contributed by atoms with Gasteiger partial charge in [-0.2, -0.15) is 0 Å². The van der Waals surface area contributed by atoms with Crippen LogP contribution in [0.25, 0.3) is 0 Å². The van der Waals surface area contributed by atoms with Gasteiger partial charge in [-0.1, -0.05) is 12.1 Å². The molecular formula is C14H22BrN3O. The maximum absolute atomic E-state index is 5.86. The summed E-state index contributed by atoms with van der Waals surface area (Å²) < 4.78 is 6.83. The lowest BCUT2D eigenvalue weighted by molar-refractivity contribution is 0.228. The Labute approximate surface area is 124 Å². The van der Waals surface area contributed by atoms with Crippen LogP contribution in [0.2, 0.25) is 0 Å². The number of para-hydroxylation sites is 1. The maximum atomic E-state index is 5.86. The normalized spacial score (nSPS) is 11.7. The molecule has 4 nitrogen and oxygen atoms in total. The first-order chi connectivity index (χ1) is 8.91. The van der Waals surface area contributed by atoms with Crippen LogP contribution in [-0.4, -0.2) is 56.6 Å². The van der Waals surface area contributed by atoms with Gasteiger partial charge in [-0.25, -0.2) is 4.99 Å². The van der Waals surface area contributed by atoms with Gasteiger partial charge in [0.25, 0.3) is 0 Å². The van der Waals surface area contributed by atoms with Crippen molar-refractivity contribution in [3.05, 3.63) is 28.7 Å². The highest BCUT2D eigenvalue weighted by atomic mass is 79.9. The Morgan fingerprint density at radius 2 is 1.79 bits per heavy atom. The van der Waals surface area contributed by atoms with Crippen LogP contribution < -0.4 is 4.74 Å². The summed E-state index contributed by atoms with van der Waals surface area (Å²) in [5.41, 5.74) is 0. The second kappa shape index (κ2) is 7.38. The minimum Gasteiger partial charge on any atom is -0.488 e. The second-order valence-electron chi connectivity index (χ2n) is 4.79. The zero-order chi connectivity index (χ0) is 14.4. The highest BCUT2D eigenvalue weighted by Crippen LogP contribution is 2.24. The van der Waals surface area contributed by atoms with E-state index in [4.69, 9.17) is 4.74 Å². The summed E-state index contributed by atoms with van der Waals surface area (Å²) in [5, 5.41) is 0. The van der Waals surface area contributed by atoms with Crippen molar-refractivity contribution in [2.24, 2.45) is 4.99 Å². The minimum atomic E-state index is 0.0219. The zero-order valence-corrected chi connectivity index (χ0v) is 13.8. The van der Waals surface area contributed by atoms with Crippen molar-refractivity contribution >= 4 is 21.9 Å². The molecule has 0 aliphatic carbocycles. The van der Waals surface area contributed by atoms with Gasteiger partial charge in [-0.3, -0.25) is 0 Å². The standard InChI is InChI=1S/C14H22BrN3O/c1-11(10-16-14(17(2)3)18(4)5)19-13-9-7-6-8-12(13)15/h6-9,11H,10H2,1-5H3. The SMILES string of the molecule is CC(CN=C(N(C)C)N(C)C)Oc1ccccc1Br. The van der Waals surface area contributed by atoms with E-state index >= 15 is 0 Å². The van der Waals surface area contributed by atoms with Gasteiger partial charge < -0.3 is 14.5 Å². The summed E-state index contributed by atoms with van der Waals surface area (Å²) in [4.78, 5) is 8.56. The van der Waals surface area contributed by atoms with E-state index in [-0.39, 0.29) is 6.10 Å². The van der Waals surface area contributed by atoms with Crippen molar-refractivity contribution in [2.45, 2.75) is 13.0 Å². The van der Waals surface area contributed by atoms with Crippen molar-refractivity contribution in [3.8, 4) is 5.75 Å². The largest absolute Gasteiger partial charge is 0.488 e. The minimum absolute atomic E-state index is 0.0219. The Bertz CT molecular complexity index is 422. The van der Waals surface area contributed by atoms with Gasteiger partial charge in [0.05, 0.1) is 11.0 Å². The maximum Gasteiger partial charge on any atom is 0.195 e. The average Bonchev–Trinajstić information content (AvgIpc) is 2.31. The van der Waals surface area contributed by atoms with E-state index in [2.05, 4.69) is 20.9 Å². The van der Waals surface area contributed by atoms with Gasteiger partial charge in [-0.05, 0) is 35.0 Å². The Balaban J connectivity index is 2.63. The number of guanidine groups is 1. The Kier molecular flexibility index (Phi) is 6.15. The molecule has 5 heteroatoms. The molecule has 0 aliphatic rings. The Morgan fingerprint density at radius 3 is 2.32 bits per heavy atom. The molecule has 0 saturated heterocycles. The summed E-state index contributed by atoms with van der Waals surface area (Å²) in [6.07, 6.45) is 0.0219. The van der Waals surface area contributed by atoms with E-state index in [0.29, 0.717) is 6.54 Å². The van der Waals surface area contributed by atoms with E-state index < -0.39 is 0 Å². The number of halogens is 1. The van der Waals surface area contributed by atoms with E-state index in [9.17, 15) is 0 Å². The number of hydrogen-bond donors (Lipinski definition) is 0. The van der Waals surface area contributed by atoms with Crippen LogP contribution in [0.3, 0.4) is 0 Å². The summed E-state index contributed by atoms with van der Waals surface area (Å²) >= 11 is 3.47. The summed E-state index contributed by atoms with van der Waals surface area (Å²) in [5.74, 6) is 1.78. The molecule has 0 saturated carbocycles. The smallest absolute Gasteiger partial charge is 0.195 e. The van der Waals surface area contributed by atoms with Gasteiger partial charge in [0, 0.05) is 28.2 Å². The number of ether oxygens (including phenoxy) is 1. The van der Waals surface area contributed by atoms with Crippen LogP contribution in [0.1, 0.15) is 6.92 Å². The highest BCUT2D eigenvalue weighted by Gasteiger charge is 2.09. The first kappa shape index (κ1) is 15.8. The summed E-state index contributed by atoms with van der Waals surface area (Å²) in [6.45, 7) is 2.64. The molecule has 106 valence electrons. The fraction of sp³-hybridized carbons (Fsp3) is 0.500. The van der Waals surface area contributed by atoms with E-state index in [1.54, 1.807) is 0 Å². The number of rotatable bonds is 4. The molecule has 1 unspecified atom stereocenters. The molecule has 1 atom stereocenters. The molecule has 1 aromatic rings. The topological polar surface area (TPSA) is 28.1 Å². The molecule has 0 fully saturated rings. The zero-order valence-electron chi connectivity index (χ0n) is 12.2. The van der Waals surface area contributed by atoms with Crippen molar-refractivity contribution in [1.82, 2.24) is 9.80 Å². The predicted molar refractivity (Wildman–Crippen MR) is 83.9 cm³/mol. The van der Waals surface area contributed by atoms with Gasteiger partial charge in [0.2, 0.25) is 0 Å². The van der Waals surface area contributed by atoms with Crippen molar-refractivity contribution in [3.63, 3.8) is 0 Å². The highest BCUT2D eigenvalue weighted by molar-refractivity contribution is 9.10. The molecule has 0 bridgehead atoms. The predicted octanol–water partition coefficient (Wildman–Crippen LogP) is 2.70. The van der Waals surface area contributed by atoms with Crippen molar-refractivity contribution in [2.75, 3.05) is 34.7 Å². The van der Waals surface area contributed by atoms with Crippen LogP contribution in [0.4, 0.5) is 0 Å². The third-order valence-electron chi connectivity index (χ3n) is 2.45. The summed E-state index contributed by atoms with van der Waals surface area (Å²) in [7, 11) is 7.94. The molecule has 0 heterocycles. The first-order valence-electron chi connectivity index (χ1n) is 6.22. The molecule has 19 heavy (non-hydrogen) atoms. The molecule has 1 rings (SSSR count). The molecule has 0 spiro atoms. The number of nitrogens with zero attached hydrogens (tertiary/aromatic N) is 3. The molecule has 0 amide bonds.